The smallest absolute Gasteiger partial charge is 0.181 e. The largest absolute Gasteiger partial charge is 0.330 e. The Bertz CT molecular complexity index is 512. The molecule has 5 heteroatoms. The van der Waals surface area contributed by atoms with Crippen molar-refractivity contribution in [2.75, 3.05) is 12.3 Å². The van der Waals surface area contributed by atoms with Crippen molar-refractivity contribution in [3.05, 3.63) is 30.1 Å². The fourth-order valence-corrected chi connectivity index (χ4v) is 3.26. The van der Waals surface area contributed by atoms with Gasteiger partial charge in [0.15, 0.2) is 9.84 Å². The van der Waals surface area contributed by atoms with Crippen LogP contribution in [0.4, 0.5) is 4.39 Å². The second-order valence-corrected chi connectivity index (χ2v) is 7.65. The number of unbranched alkanes of at least 4 members (excludes halogenated alkanes) is 1. The molecule has 2 N–H and O–H groups in total. The monoisotopic (exact) mass is 287 g/mol. The van der Waals surface area contributed by atoms with Crippen LogP contribution in [0.3, 0.4) is 0 Å². The number of nitrogens with two attached hydrogens (primary N) is 1. The van der Waals surface area contributed by atoms with Gasteiger partial charge in [0, 0.05) is 0 Å². The molecule has 19 heavy (non-hydrogen) atoms. The molecule has 3 nitrogen and oxygen atoms in total. The topological polar surface area (TPSA) is 60.2 Å². The third-order valence-electron chi connectivity index (χ3n) is 3.24. The summed E-state index contributed by atoms with van der Waals surface area (Å²) in [6, 6.07) is 5.50. The van der Waals surface area contributed by atoms with Gasteiger partial charge in [-0.15, -0.1) is 0 Å². The number of halogens is 1. The summed E-state index contributed by atoms with van der Waals surface area (Å²) in [5.74, 6) is -0.695. The summed E-state index contributed by atoms with van der Waals surface area (Å²) in [6.45, 7) is 4.68. The van der Waals surface area contributed by atoms with Crippen molar-refractivity contribution < 1.29 is 12.8 Å². The maximum Gasteiger partial charge on any atom is 0.181 e. The first-order valence-electron chi connectivity index (χ1n) is 6.46. The molecule has 1 aromatic rings. The first kappa shape index (κ1) is 16.1. The molecule has 0 atom stereocenters. The third-order valence-corrected chi connectivity index (χ3v) is 5.07. The summed E-state index contributed by atoms with van der Waals surface area (Å²) in [6.07, 6.45) is 2.17. The maximum absolute atomic E-state index is 13.4. The lowest BCUT2D eigenvalue weighted by Gasteiger charge is -2.21. The van der Waals surface area contributed by atoms with E-state index in [0.29, 0.717) is 13.0 Å². The highest BCUT2D eigenvalue weighted by atomic mass is 32.2. The number of hydrogen-bond donors (Lipinski definition) is 1. The Kier molecular flexibility index (Phi) is 5.50. The molecule has 0 unspecified atom stereocenters. The Hall–Kier alpha value is -0.940. The Morgan fingerprint density at radius 3 is 2.42 bits per heavy atom. The van der Waals surface area contributed by atoms with Gasteiger partial charge in [0.2, 0.25) is 0 Å². The molecule has 0 saturated heterocycles. The zero-order chi connectivity index (χ0) is 14.5. The van der Waals surface area contributed by atoms with Crippen LogP contribution in [0.15, 0.2) is 29.2 Å². The molecule has 108 valence electrons. The second-order valence-electron chi connectivity index (χ2n) is 5.57. The van der Waals surface area contributed by atoms with Crippen LogP contribution in [0.5, 0.6) is 0 Å². The highest BCUT2D eigenvalue weighted by Crippen LogP contribution is 2.22. The van der Waals surface area contributed by atoms with Crippen LogP contribution in [-0.4, -0.2) is 20.7 Å². The van der Waals surface area contributed by atoms with E-state index in [1.165, 1.54) is 24.3 Å². The Labute approximate surface area is 114 Å². The number of rotatable bonds is 7. The minimum absolute atomic E-state index is 0.0193. The summed E-state index contributed by atoms with van der Waals surface area (Å²) in [7, 11) is -3.52. The van der Waals surface area contributed by atoms with Gasteiger partial charge >= 0.3 is 0 Å². The number of hydrogen-bond acceptors (Lipinski definition) is 3. The van der Waals surface area contributed by atoms with E-state index in [1.807, 2.05) is 0 Å². The van der Waals surface area contributed by atoms with Crippen LogP contribution in [0.2, 0.25) is 0 Å². The molecule has 0 aliphatic rings. The van der Waals surface area contributed by atoms with Crippen molar-refractivity contribution in [1.82, 2.24) is 0 Å². The van der Waals surface area contributed by atoms with E-state index in [9.17, 15) is 12.8 Å². The average Bonchev–Trinajstić information content (AvgIpc) is 2.35. The summed E-state index contributed by atoms with van der Waals surface area (Å²) >= 11 is 0. The van der Waals surface area contributed by atoms with E-state index in [1.54, 1.807) is 0 Å². The second kappa shape index (κ2) is 6.48. The van der Waals surface area contributed by atoms with Crippen LogP contribution >= 0.6 is 0 Å². The van der Waals surface area contributed by atoms with Crippen LogP contribution in [0.1, 0.15) is 33.1 Å². The molecular weight excluding hydrogens is 265 g/mol. The molecule has 0 aliphatic heterocycles. The number of benzene rings is 1. The molecule has 0 amide bonds. The average molecular weight is 287 g/mol. The lowest BCUT2D eigenvalue weighted by atomic mass is 9.88. The summed E-state index contributed by atoms with van der Waals surface area (Å²) < 4.78 is 37.4. The maximum atomic E-state index is 13.4. The third kappa shape index (κ3) is 4.91. The standard InChI is InChI=1S/C14H22FNO2S/c1-14(2,11-16)9-5-6-10-19(17,18)13-8-4-3-7-12(13)15/h3-4,7-8H,5-6,9-11,16H2,1-2H3. The zero-order valence-electron chi connectivity index (χ0n) is 11.5. The predicted molar refractivity (Wildman–Crippen MR) is 75.1 cm³/mol. The molecule has 0 aliphatic carbocycles. The van der Waals surface area contributed by atoms with Gasteiger partial charge in [-0.25, -0.2) is 12.8 Å². The van der Waals surface area contributed by atoms with Crippen molar-refractivity contribution in [2.45, 2.75) is 38.0 Å². The first-order valence-corrected chi connectivity index (χ1v) is 8.11. The van der Waals surface area contributed by atoms with Gasteiger partial charge in [0.1, 0.15) is 10.7 Å². The summed E-state index contributed by atoms with van der Waals surface area (Å²) in [5.41, 5.74) is 5.65. The number of sulfone groups is 1. The van der Waals surface area contributed by atoms with Crippen molar-refractivity contribution in [3.8, 4) is 0 Å². The van der Waals surface area contributed by atoms with Gasteiger partial charge in [0.05, 0.1) is 5.75 Å². The molecule has 0 heterocycles. The zero-order valence-corrected chi connectivity index (χ0v) is 12.3. The molecule has 0 fully saturated rings. The van der Waals surface area contributed by atoms with E-state index in [2.05, 4.69) is 13.8 Å². The molecule has 0 saturated carbocycles. The van der Waals surface area contributed by atoms with Gasteiger partial charge < -0.3 is 5.73 Å². The van der Waals surface area contributed by atoms with E-state index in [-0.39, 0.29) is 16.1 Å². The minimum atomic E-state index is -3.52. The Balaban J connectivity index is 2.56. The quantitative estimate of drug-likeness (QED) is 0.784. The SMILES string of the molecule is CC(C)(CN)CCCCS(=O)(=O)c1ccccc1F. The molecule has 0 radical (unpaired) electrons. The van der Waals surface area contributed by atoms with E-state index < -0.39 is 15.7 Å². The van der Waals surface area contributed by atoms with Gasteiger partial charge in [-0.1, -0.05) is 32.4 Å². The van der Waals surface area contributed by atoms with Crippen LogP contribution in [0.25, 0.3) is 0 Å². The lowest BCUT2D eigenvalue weighted by Crippen LogP contribution is -2.23. The molecule has 0 bridgehead atoms. The summed E-state index contributed by atoms with van der Waals surface area (Å²) in [4.78, 5) is -0.201. The van der Waals surface area contributed by atoms with E-state index >= 15 is 0 Å². The Morgan fingerprint density at radius 1 is 1.21 bits per heavy atom. The van der Waals surface area contributed by atoms with Gasteiger partial charge in [-0.3, -0.25) is 0 Å². The van der Waals surface area contributed by atoms with Crippen molar-refractivity contribution in [3.63, 3.8) is 0 Å². The molecule has 0 aromatic heterocycles. The molecule has 1 rings (SSSR count). The van der Waals surface area contributed by atoms with Gasteiger partial charge in [-0.05, 0) is 36.9 Å². The highest BCUT2D eigenvalue weighted by molar-refractivity contribution is 7.91. The Morgan fingerprint density at radius 2 is 1.84 bits per heavy atom. The van der Waals surface area contributed by atoms with Crippen LogP contribution in [0, 0.1) is 11.2 Å². The van der Waals surface area contributed by atoms with Crippen LogP contribution < -0.4 is 5.73 Å². The molecule has 1 aromatic carbocycles. The van der Waals surface area contributed by atoms with Gasteiger partial charge in [-0.2, -0.15) is 0 Å². The summed E-state index contributed by atoms with van der Waals surface area (Å²) in [5, 5.41) is 0. The lowest BCUT2D eigenvalue weighted by molar-refractivity contribution is 0.335. The highest BCUT2D eigenvalue weighted by Gasteiger charge is 2.19. The molecule has 0 spiro atoms. The van der Waals surface area contributed by atoms with Crippen LogP contribution in [-0.2, 0) is 9.84 Å². The fourth-order valence-electron chi connectivity index (χ4n) is 1.80. The minimum Gasteiger partial charge on any atom is -0.330 e. The molecular formula is C14H22FNO2S. The predicted octanol–water partition coefficient (Wildman–Crippen LogP) is 2.75. The van der Waals surface area contributed by atoms with Gasteiger partial charge in [0.25, 0.3) is 0 Å². The van der Waals surface area contributed by atoms with E-state index in [4.69, 9.17) is 5.73 Å². The van der Waals surface area contributed by atoms with Crippen molar-refractivity contribution in [2.24, 2.45) is 11.1 Å². The van der Waals surface area contributed by atoms with E-state index in [0.717, 1.165) is 12.8 Å². The van der Waals surface area contributed by atoms with Crippen molar-refractivity contribution in [1.29, 1.82) is 0 Å². The first-order chi connectivity index (χ1) is 8.78. The fraction of sp³-hybridized carbons (Fsp3) is 0.571. The normalized spacial score (nSPS) is 12.6. The van der Waals surface area contributed by atoms with Crippen molar-refractivity contribution >= 4 is 9.84 Å².